The summed E-state index contributed by atoms with van der Waals surface area (Å²) in [5.74, 6) is 0. The van der Waals surface area contributed by atoms with Crippen molar-refractivity contribution in [3.05, 3.63) is 76.4 Å². The molecule has 1 aromatic carbocycles. The smallest absolute Gasteiger partial charge is 0.0407 e. The highest BCUT2D eigenvalue weighted by atomic mass is 32.1. The van der Waals surface area contributed by atoms with Gasteiger partial charge in [0.25, 0.3) is 0 Å². The molecule has 0 unspecified atom stereocenters. The molecular weight excluding hydrogens is 286 g/mol. The molecule has 0 atom stereocenters. The van der Waals surface area contributed by atoms with Crippen LogP contribution in [0.5, 0.6) is 0 Å². The summed E-state index contributed by atoms with van der Waals surface area (Å²) < 4.78 is 1.38. The van der Waals surface area contributed by atoms with Gasteiger partial charge in [0.15, 0.2) is 0 Å². The zero-order valence-corrected chi connectivity index (χ0v) is 14.0. The van der Waals surface area contributed by atoms with E-state index in [4.69, 9.17) is 0 Å². The SMILES string of the molecule is C=CCc1csc2cc(CCc3ccc(C)nc3C)ccc12. The average Bonchev–Trinajstić information content (AvgIpc) is 2.89. The lowest BCUT2D eigenvalue weighted by atomic mass is 10.0. The van der Waals surface area contributed by atoms with E-state index in [1.807, 2.05) is 24.3 Å². The monoisotopic (exact) mass is 307 g/mol. The lowest BCUT2D eigenvalue weighted by Crippen LogP contribution is -1.97. The molecule has 0 aliphatic rings. The minimum atomic E-state index is 0.952. The second kappa shape index (κ2) is 6.45. The molecule has 0 bridgehead atoms. The second-order valence-corrected chi connectivity index (χ2v) is 6.69. The van der Waals surface area contributed by atoms with E-state index in [2.05, 4.69) is 54.2 Å². The minimum absolute atomic E-state index is 0.952. The Morgan fingerprint density at radius 2 is 1.95 bits per heavy atom. The first kappa shape index (κ1) is 15.0. The van der Waals surface area contributed by atoms with Gasteiger partial charge in [0.05, 0.1) is 0 Å². The zero-order valence-electron chi connectivity index (χ0n) is 13.2. The van der Waals surface area contributed by atoms with Crippen LogP contribution in [0.2, 0.25) is 0 Å². The highest BCUT2D eigenvalue weighted by Crippen LogP contribution is 2.28. The van der Waals surface area contributed by atoms with Crippen molar-refractivity contribution in [2.45, 2.75) is 33.1 Å². The summed E-state index contributed by atoms with van der Waals surface area (Å²) in [6.07, 6.45) is 5.04. The van der Waals surface area contributed by atoms with Gasteiger partial charge in [0.1, 0.15) is 0 Å². The van der Waals surface area contributed by atoms with E-state index in [1.54, 1.807) is 0 Å². The van der Waals surface area contributed by atoms with Gasteiger partial charge in [-0.25, -0.2) is 0 Å². The van der Waals surface area contributed by atoms with E-state index in [9.17, 15) is 0 Å². The molecule has 0 radical (unpaired) electrons. The number of hydrogen-bond donors (Lipinski definition) is 0. The molecule has 112 valence electrons. The molecule has 3 aromatic rings. The number of nitrogens with zero attached hydrogens (tertiary/aromatic N) is 1. The average molecular weight is 307 g/mol. The van der Waals surface area contributed by atoms with Crippen LogP contribution in [0.15, 0.2) is 48.4 Å². The van der Waals surface area contributed by atoms with Crippen LogP contribution in [-0.2, 0) is 19.3 Å². The lowest BCUT2D eigenvalue weighted by Gasteiger charge is -2.06. The molecule has 0 saturated heterocycles. The number of thiophene rings is 1. The Morgan fingerprint density at radius 1 is 1.09 bits per heavy atom. The van der Waals surface area contributed by atoms with Crippen molar-refractivity contribution in [1.29, 1.82) is 0 Å². The largest absolute Gasteiger partial charge is 0.258 e. The summed E-state index contributed by atoms with van der Waals surface area (Å²) in [6.45, 7) is 7.98. The Balaban J connectivity index is 1.78. The number of allylic oxidation sites excluding steroid dienone is 1. The first-order valence-electron chi connectivity index (χ1n) is 7.70. The van der Waals surface area contributed by atoms with Crippen LogP contribution in [0.3, 0.4) is 0 Å². The summed E-state index contributed by atoms with van der Waals surface area (Å²) in [7, 11) is 0. The second-order valence-electron chi connectivity index (χ2n) is 5.78. The number of fused-ring (bicyclic) bond motifs is 1. The highest BCUT2D eigenvalue weighted by molar-refractivity contribution is 7.17. The molecule has 2 aromatic heterocycles. The van der Waals surface area contributed by atoms with E-state index in [0.717, 1.165) is 30.7 Å². The number of hydrogen-bond acceptors (Lipinski definition) is 2. The van der Waals surface area contributed by atoms with Crippen molar-refractivity contribution in [3.63, 3.8) is 0 Å². The highest BCUT2D eigenvalue weighted by Gasteiger charge is 2.05. The van der Waals surface area contributed by atoms with Crippen molar-refractivity contribution in [3.8, 4) is 0 Å². The summed E-state index contributed by atoms with van der Waals surface area (Å²) in [6, 6.07) is 11.2. The third-order valence-electron chi connectivity index (χ3n) is 4.10. The fraction of sp³-hybridized carbons (Fsp3) is 0.250. The maximum atomic E-state index is 4.55. The Kier molecular flexibility index (Phi) is 4.39. The standard InChI is InChI=1S/C20H21NS/c1-4-5-18-13-22-20-12-16(8-11-19(18)20)7-10-17-9-6-14(2)21-15(17)3/h4,6,8-9,11-13H,1,5,7,10H2,2-3H3. The molecule has 0 aliphatic heterocycles. The first-order valence-corrected chi connectivity index (χ1v) is 8.58. The van der Waals surface area contributed by atoms with Crippen molar-refractivity contribution < 1.29 is 0 Å². The summed E-state index contributed by atoms with van der Waals surface area (Å²) in [5, 5.41) is 3.63. The van der Waals surface area contributed by atoms with Crippen LogP contribution >= 0.6 is 11.3 Å². The quantitative estimate of drug-likeness (QED) is 0.573. The molecule has 0 aliphatic carbocycles. The topological polar surface area (TPSA) is 12.9 Å². The molecule has 0 saturated carbocycles. The van der Waals surface area contributed by atoms with Crippen molar-refractivity contribution in [2.75, 3.05) is 0 Å². The molecule has 0 fully saturated rings. The van der Waals surface area contributed by atoms with E-state index in [-0.39, 0.29) is 0 Å². The number of benzene rings is 1. The van der Waals surface area contributed by atoms with Crippen LogP contribution in [0.4, 0.5) is 0 Å². The van der Waals surface area contributed by atoms with Gasteiger partial charge in [-0.05, 0) is 72.7 Å². The Hall–Kier alpha value is -1.93. The maximum absolute atomic E-state index is 4.55. The Morgan fingerprint density at radius 3 is 2.73 bits per heavy atom. The molecule has 0 N–H and O–H groups in total. The fourth-order valence-electron chi connectivity index (χ4n) is 2.86. The van der Waals surface area contributed by atoms with E-state index in [0.29, 0.717) is 0 Å². The third kappa shape index (κ3) is 3.12. The van der Waals surface area contributed by atoms with Crippen LogP contribution in [-0.4, -0.2) is 4.98 Å². The maximum Gasteiger partial charge on any atom is 0.0407 e. The first-order chi connectivity index (χ1) is 10.7. The zero-order chi connectivity index (χ0) is 15.5. The van der Waals surface area contributed by atoms with E-state index < -0.39 is 0 Å². The van der Waals surface area contributed by atoms with Gasteiger partial charge < -0.3 is 0 Å². The van der Waals surface area contributed by atoms with Gasteiger partial charge in [-0.3, -0.25) is 4.98 Å². The molecule has 3 rings (SSSR count). The predicted molar refractivity (Wildman–Crippen MR) is 96.8 cm³/mol. The van der Waals surface area contributed by atoms with Gasteiger partial charge >= 0.3 is 0 Å². The summed E-state index contributed by atoms with van der Waals surface area (Å²) >= 11 is 1.83. The number of rotatable bonds is 5. The fourth-order valence-corrected chi connectivity index (χ4v) is 3.89. The van der Waals surface area contributed by atoms with Crippen molar-refractivity contribution in [1.82, 2.24) is 4.98 Å². The van der Waals surface area contributed by atoms with Crippen LogP contribution in [0, 0.1) is 13.8 Å². The minimum Gasteiger partial charge on any atom is -0.258 e. The lowest BCUT2D eigenvalue weighted by molar-refractivity contribution is 0.925. The number of pyridine rings is 1. The number of aryl methyl sites for hydroxylation is 4. The Bertz CT molecular complexity index is 814. The molecule has 2 heteroatoms. The van der Waals surface area contributed by atoms with Gasteiger partial charge in [-0.2, -0.15) is 0 Å². The van der Waals surface area contributed by atoms with Gasteiger partial charge in [-0.1, -0.05) is 24.3 Å². The van der Waals surface area contributed by atoms with Gasteiger partial charge in [0, 0.05) is 16.1 Å². The van der Waals surface area contributed by atoms with Crippen molar-refractivity contribution in [2.24, 2.45) is 0 Å². The van der Waals surface area contributed by atoms with Crippen LogP contribution < -0.4 is 0 Å². The van der Waals surface area contributed by atoms with Gasteiger partial charge in [0.2, 0.25) is 0 Å². The molecule has 1 nitrogen and oxygen atoms in total. The van der Waals surface area contributed by atoms with E-state index in [1.165, 1.54) is 26.8 Å². The number of aromatic nitrogens is 1. The molecule has 2 heterocycles. The molecule has 22 heavy (non-hydrogen) atoms. The van der Waals surface area contributed by atoms with Crippen LogP contribution in [0.1, 0.15) is 28.1 Å². The third-order valence-corrected chi connectivity index (χ3v) is 5.10. The summed E-state index contributed by atoms with van der Waals surface area (Å²) in [4.78, 5) is 4.55. The van der Waals surface area contributed by atoms with Crippen molar-refractivity contribution >= 4 is 21.4 Å². The molecule has 0 amide bonds. The predicted octanol–water partition coefficient (Wildman–Crippen LogP) is 5.43. The molecular formula is C20H21NS. The van der Waals surface area contributed by atoms with E-state index >= 15 is 0 Å². The molecule has 0 spiro atoms. The summed E-state index contributed by atoms with van der Waals surface area (Å²) in [5.41, 5.74) is 6.39. The Labute approximate surface area is 136 Å². The van der Waals surface area contributed by atoms with Gasteiger partial charge in [-0.15, -0.1) is 17.9 Å². The van der Waals surface area contributed by atoms with Crippen LogP contribution in [0.25, 0.3) is 10.1 Å². The normalized spacial score (nSPS) is 11.0.